The fourth-order valence-corrected chi connectivity index (χ4v) is 3.61. The van der Waals surface area contributed by atoms with Crippen LogP contribution in [0.4, 0.5) is 33.3 Å². The monoisotopic (exact) mass is 464 g/mol. The summed E-state index contributed by atoms with van der Waals surface area (Å²) < 4.78 is 72.2. The van der Waals surface area contributed by atoms with E-state index in [0.29, 0.717) is 0 Å². The number of alkyl halides is 5. The molecule has 0 bridgehead atoms. The van der Waals surface area contributed by atoms with Crippen LogP contribution in [0.15, 0.2) is 18.2 Å². The van der Waals surface area contributed by atoms with Gasteiger partial charge < -0.3 is 20.7 Å². The number of amides is 2. The summed E-state index contributed by atoms with van der Waals surface area (Å²) >= 11 is 0. The molecule has 1 aliphatic heterocycles. The fraction of sp³-hybridized carbons (Fsp3) is 0.600. The first-order valence-corrected chi connectivity index (χ1v) is 10.2. The molecule has 1 heterocycles. The highest BCUT2D eigenvalue weighted by molar-refractivity contribution is 5.98. The third-order valence-corrected chi connectivity index (χ3v) is 5.39. The molecule has 0 spiro atoms. The lowest BCUT2D eigenvalue weighted by atomic mass is 10.1. The Hall–Kier alpha value is -2.31. The maximum Gasteiger partial charge on any atom is 0.418 e. The van der Waals surface area contributed by atoms with Gasteiger partial charge in [0.1, 0.15) is 12.6 Å². The lowest BCUT2D eigenvalue weighted by Crippen LogP contribution is -2.51. The van der Waals surface area contributed by atoms with Gasteiger partial charge in [-0.05, 0) is 37.0 Å². The number of rotatable bonds is 9. The quantitative estimate of drug-likeness (QED) is 0.548. The second-order valence-electron chi connectivity index (χ2n) is 7.85. The summed E-state index contributed by atoms with van der Waals surface area (Å²) in [5.41, 5.74) is 3.97. The minimum atomic E-state index is -4.83. The number of hydrogen-bond acceptors (Lipinski definition) is 5. The summed E-state index contributed by atoms with van der Waals surface area (Å²) in [6.07, 6.45) is -5.85. The number of benzene rings is 1. The van der Waals surface area contributed by atoms with Crippen molar-refractivity contribution < 1.29 is 36.3 Å². The standard InChI is InChI=1S/C20H25F5N4O3/c21-17(22)10-28(9-12-1-2-12)16(8-26)19(31)27-15-4-3-13(7-14(15)20(23,24)25)29-5-6-32-11-18(29)30/h3-4,7,12,16-17H,1-2,5-6,8-11,26H2,(H,27,31)/t16-/m0/s1. The summed E-state index contributed by atoms with van der Waals surface area (Å²) in [7, 11) is 0. The zero-order chi connectivity index (χ0) is 23.5. The molecule has 178 valence electrons. The molecule has 0 aromatic heterocycles. The molecule has 1 aromatic rings. The fourth-order valence-electron chi connectivity index (χ4n) is 3.61. The Morgan fingerprint density at radius 1 is 1.31 bits per heavy atom. The molecule has 1 saturated heterocycles. The van der Waals surface area contributed by atoms with Gasteiger partial charge in [0.15, 0.2) is 0 Å². The Balaban J connectivity index is 1.83. The Morgan fingerprint density at radius 2 is 2.03 bits per heavy atom. The first-order valence-electron chi connectivity index (χ1n) is 10.2. The van der Waals surface area contributed by atoms with E-state index in [1.54, 1.807) is 0 Å². The van der Waals surface area contributed by atoms with Crippen LogP contribution in [0, 0.1) is 5.92 Å². The Morgan fingerprint density at radius 3 is 2.59 bits per heavy atom. The Bertz CT molecular complexity index is 828. The van der Waals surface area contributed by atoms with E-state index >= 15 is 0 Å². The van der Waals surface area contributed by atoms with E-state index in [1.165, 1.54) is 15.9 Å². The van der Waals surface area contributed by atoms with Crippen LogP contribution in [0.3, 0.4) is 0 Å². The van der Waals surface area contributed by atoms with Crippen LogP contribution < -0.4 is 16.0 Å². The van der Waals surface area contributed by atoms with Crippen molar-refractivity contribution in [1.29, 1.82) is 0 Å². The molecule has 1 aliphatic carbocycles. The van der Waals surface area contributed by atoms with Crippen LogP contribution in [0.2, 0.25) is 0 Å². The van der Waals surface area contributed by atoms with Crippen molar-refractivity contribution >= 4 is 23.2 Å². The predicted molar refractivity (Wildman–Crippen MR) is 106 cm³/mol. The lowest BCUT2D eigenvalue weighted by molar-refractivity contribution is -0.137. The van der Waals surface area contributed by atoms with Gasteiger partial charge in [-0.1, -0.05) is 0 Å². The normalized spacial score (nSPS) is 18.4. The zero-order valence-corrected chi connectivity index (χ0v) is 17.2. The van der Waals surface area contributed by atoms with Crippen LogP contribution in [0.5, 0.6) is 0 Å². The number of nitrogens with zero attached hydrogens (tertiary/aromatic N) is 2. The molecule has 2 amide bonds. The van der Waals surface area contributed by atoms with Crippen molar-refractivity contribution in [3.8, 4) is 0 Å². The molecule has 0 unspecified atom stereocenters. The van der Waals surface area contributed by atoms with E-state index in [1.807, 2.05) is 0 Å². The summed E-state index contributed by atoms with van der Waals surface area (Å²) in [4.78, 5) is 27.1. The van der Waals surface area contributed by atoms with Gasteiger partial charge in [-0.25, -0.2) is 8.78 Å². The van der Waals surface area contributed by atoms with Gasteiger partial charge in [0, 0.05) is 25.3 Å². The summed E-state index contributed by atoms with van der Waals surface area (Å²) in [6, 6.07) is 1.90. The minimum absolute atomic E-state index is 0.0204. The van der Waals surface area contributed by atoms with Gasteiger partial charge in [-0.3, -0.25) is 14.5 Å². The van der Waals surface area contributed by atoms with Gasteiger partial charge in [-0.15, -0.1) is 0 Å². The first-order chi connectivity index (χ1) is 15.1. The summed E-state index contributed by atoms with van der Waals surface area (Å²) in [5, 5.41) is 2.20. The number of nitrogens with one attached hydrogen (secondary N) is 1. The number of carbonyl (C=O) groups is 2. The van der Waals surface area contributed by atoms with Gasteiger partial charge in [0.05, 0.1) is 24.4 Å². The topological polar surface area (TPSA) is 87.9 Å². The molecule has 1 saturated carbocycles. The molecule has 3 rings (SSSR count). The highest BCUT2D eigenvalue weighted by Gasteiger charge is 2.37. The largest absolute Gasteiger partial charge is 0.418 e. The van der Waals surface area contributed by atoms with Crippen molar-refractivity contribution in [2.24, 2.45) is 11.7 Å². The lowest BCUT2D eigenvalue weighted by Gasteiger charge is -2.30. The molecule has 2 fully saturated rings. The Kier molecular flexibility index (Phi) is 7.67. The number of ether oxygens (including phenoxy) is 1. The Labute approximate surface area is 181 Å². The van der Waals surface area contributed by atoms with E-state index < -0.39 is 48.3 Å². The smallest absolute Gasteiger partial charge is 0.370 e. The summed E-state index contributed by atoms with van der Waals surface area (Å²) in [6.45, 7) is -0.753. The molecular weight excluding hydrogens is 439 g/mol. The van der Waals surface area contributed by atoms with Gasteiger partial charge in [0.25, 0.3) is 12.3 Å². The number of anilines is 2. The van der Waals surface area contributed by atoms with Gasteiger partial charge in [-0.2, -0.15) is 13.2 Å². The third-order valence-electron chi connectivity index (χ3n) is 5.39. The van der Waals surface area contributed by atoms with E-state index in [-0.39, 0.29) is 44.5 Å². The average Bonchev–Trinajstić information content (AvgIpc) is 3.52. The van der Waals surface area contributed by atoms with Crippen LogP contribution in [0.25, 0.3) is 0 Å². The minimum Gasteiger partial charge on any atom is -0.370 e. The number of carbonyl (C=O) groups excluding carboxylic acids is 2. The second-order valence-corrected chi connectivity index (χ2v) is 7.85. The molecule has 1 atom stereocenters. The van der Waals surface area contributed by atoms with E-state index in [2.05, 4.69) is 5.32 Å². The zero-order valence-electron chi connectivity index (χ0n) is 17.2. The number of nitrogens with two attached hydrogens (primary N) is 1. The number of morpholine rings is 1. The molecular formula is C20H25F5N4O3. The van der Waals surface area contributed by atoms with E-state index in [0.717, 1.165) is 25.0 Å². The molecule has 32 heavy (non-hydrogen) atoms. The SMILES string of the molecule is NC[C@@H](C(=O)Nc1ccc(N2CCOCC2=O)cc1C(F)(F)F)N(CC(F)F)CC1CC1. The molecule has 1 aromatic carbocycles. The van der Waals surface area contributed by atoms with Crippen LogP contribution >= 0.6 is 0 Å². The highest BCUT2D eigenvalue weighted by Crippen LogP contribution is 2.38. The van der Waals surface area contributed by atoms with Crippen molar-refractivity contribution in [3.05, 3.63) is 23.8 Å². The van der Waals surface area contributed by atoms with Crippen molar-refractivity contribution in [1.82, 2.24) is 4.90 Å². The maximum absolute atomic E-state index is 13.7. The predicted octanol–water partition coefficient (Wildman–Crippen LogP) is 2.31. The second kappa shape index (κ2) is 10.1. The molecule has 3 N–H and O–H groups in total. The summed E-state index contributed by atoms with van der Waals surface area (Å²) in [5.74, 6) is -1.20. The third kappa shape index (κ3) is 6.14. The average molecular weight is 464 g/mol. The van der Waals surface area contributed by atoms with Gasteiger partial charge in [0.2, 0.25) is 5.91 Å². The van der Waals surface area contributed by atoms with Crippen molar-refractivity contribution in [2.45, 2.75) is 31.5 Å². The molecule has 0 radical (unpaired) electrons. The number of halogens is 5. The van der Waals surface area contributed by atoms with Crippen molar-refractivity contribution in [2.75, 3.05) is 49.6 Å². The first kappa shape index (κ1) is 24.3. The van der Waals surface area contributed by atoms with Crippen LogP contribution in [-0.4, -0.2) is 68.6 Å². The molecule has 7 nitrogen and oxygen atoms in total. The van der Waals surface area contributed by atoms with Gasteiger partial charge >= 0.3 is 6.18 Å². The van der Waals surface area contributed by atoms with Crippen LogP contribution in [-0.2, 0) is 20.5 Å². The van der Waals surface area contributed by atoms with E-state index in [9.17, 15) is 31.5 Å². The number of hydrogen-bond donors (Lipinski definition) is 2. The maximum atomic E-state index is 13.7. The van der Waals surface area contributed by atoms with E-state index in [4.69, 9.17) is 10.5 Å². The van der Waals surface area contributed by atoms with Crippen LogP contribution in [0.1, 0.15) is 18.4 Å². The van der Waals surface area contributed by atoms with Crippen molar-refractivity contribution in [3.63, 3.8) is 0 Å². The molecule has 12 heteroatoms. The molecule has 2 aliphatic rings. The highest BCUT2D eigenvalue weighted by atomic mass is 19.4.